The van der Waals surface area contributed by atoms with E-state index in [2.05, 4.69) is 22.5 Å². The summed E-state index contributed by atoms with van der Waals surface area (Å²) in [6.07, 6.45) is 0. The number of nitrogens with one attached hydrogen (secondary N) is 2. The quantitative estimate of drug-likeness (QED) is 0.551. The van der Waals surface area contributed by atoms with Crippen molar-refractivity contribution < 1.29 is 9.84 Å². The highest BCUT2D eigenvalue weighted by Crippen LogP contribution is 2.25. The number of guanidine groups is 1. The highest BCUT2D eigenvalue weighted by atomic mass is 32.1. The first-order valence-electron chi connectivity index (χ1n) is 7.30. The number of aliphatic imine (C=N–C) groups is 1. The van der Waals surface area contributed by atoms with Gasteiger partial charge in [0.2, 0.25) is 0 Å². The predicted molar refractivity (Wildman–Crippen MR) is 86.8 cm³/mol. The summed E-state index contributed by atoms with van der Waals surface area (Å²) in [4.78, 5) is 4.51. The average molecular weight is 311 g/mol. The summed E-state index contributed by atoms with van der Waals surface area (Å²) in [5, 5.41) is 21.0. The fraction of sp³-hybridized carbons (Fsp3) is 0.667. The minimum Gasteiger partial charge on any atom is -0.383 e. The van der Waals surface area contributed by atoms with Gasteiger partial charge in [-0.2, -0.15) is 11.3 Å². The lowest BCUT2D eigenvalue weighted by atomic mass is 9.89. The van der Waals surface area contributed by atoms with Crippen molar-refractivity contribution in [3.8, 4) is 0 Å². The number of rotatable bonds is 6. The second-order valence-electron chi connectivity index (χ2n) is 6.14. The summed E-state index contributed by atoms with van der Waals surface area (Å²) in [5.74, 6) is 0.737. The molecule has 1 aliphatic heterocycles. The molecule has 0 spiro atoms. The van der Waals surface area contributed by atoms with Gasteiger partial charge in [-0.05, 0) is 36.2 Å². The van der Waals surface area contributed by atoms with Crippen LogP contribution in [0.4, 0.5) is 0 Å². The molecule has 1 atom stereocenters. The maximum Gasteiger partial charge on any atom is 0.191 e. The summed E-state index contributed by atoms with van der Waals surface area (Å²) in [7, 11) is 0. The Kier molecular flexibility index (Phi) is 5.24. The molecule has 1 fully saturated rings. The molecule has 1 aromatic rings. The van der Waals surface area contributed by atoms with E-state index in [9.17, 15) is 5.11 Å². The molecule has 0 bridgehead atoms. The number of thiophene rings is 1. The molecule has 0 aromatic carbocycles. The van der Waals surface area contributed by atoms with Gasteiger partial charge in [0, 0.05) is 18.5 Å². The molecule has 2 heterocycles. The second kappa shape index (κ2) is 6.77. The highest BCUT2D eigenvalue weighted by Gasteiger charge is 2.33. The maximum absolute atomic E-state index is 10.5. The van der Waals surface area contributed by atoms with Crippen molar-refractivity contribution in [2.45, 2.75) is 26.4 Å². The van der Waals surface area contributed by atoms with E-state index < -0.39 is 5.60 Å². The van der Waals surface area contributed by atoms with Gasteiger partial charge in [0.1, 0.15) is 5.60 Å². The third-order valence-electron chi connectivity index (χ3n) is 3.62. The Bertz CT molecular complexity index is 467. The molecule has 0 radical (unpaired) electrons. The largest absolute Gasteiger partial charge is 0.383 e. The molecule has 118 valence electrons. The lowest BCUT2D eigenvalue weighted by Crippen LogP contribution is -2.51. The Hall–Kier alpha value is -1.11. The molecule has 0 aliphatic carbocycles. The van der Waals surface area contributed by atoms with E-state index in [0.717, 1.165) is 37.8 Å². The van der Waals surface area contributed by atoms with Crippen LogP contribution in [0.1, 0.15) is 26.3 Å². The summed E-state index contributed by atoms with van der Waals surface area (Å²) < 4.78 is 5.25. The lowest BCUT2D eigenvalue weighted by Gasteiger charge is -2.38. The molecular formula is C15H25N3O2S. The molecule has 21 heavy (non-hydrogen) atoms. The van der Waals surface area contributed by atoms with Crippen LogP contribution >= 0.6 is 11.3 Å². The smallest absolute Gasteiger partial charge is 0.191 e. The van der Waals surface area contributed by atoms with Crippen LogP contribution < -0.4 is 10.6 Å². The van der Waals surface area contributed by atoms with Crippen LogP contribution in [0.2, 0.25) is 0 Å². The standard InChI is InChI=1S/C15H25N3O2S/c1-4-16-13(17-8-14(2)10-20-11-14)18-9-15(3,19)12-5-6-21-7-12/h5-7,19H,4,8-11H2,1-3H3,(H2,16,17,18). The summed E-state index contributed by atoms with van der Waals surface area (Å²) in [6.45, 7) is 9.52. The van der Waals surface area contributed by atoms with E-state index in [-0.39, 0.29) is 5.41 Å². The first kappa shape index (κ1) is 16.3. The van der Waals surface area contributed by atoms with Crippen molar-refractivity contribution in [1.29, 1.82) is 0 Å². The van der Waals surface area contributed by atoms with Crippen LogP contribution in [0.3, 0.4) is 0 Å². The van der Waals surface area contributed by atoms with Crippen molar-refractivity contribution in [1.82, 2.24) is 10.6 Å². The van der Waals surface area contributed by atoms with Gasteiger partial charge in [-0.3, -0.25) is 0 Å². The number of ether oxygens (including phenoxy) is 1. The van der Waals surface area contributed by atoms with Crippen molar-refractivity contribution in [2.75, 3.05) is 32.8 Å². The van der Waals surface area contributed by atoms with Crippen molar-refractivity contribution in [2.24, 2.45) is 10.4 Å². The van der Waals surface area contributed by atoms with Gasteiger partial charge in [0.15, 0.2) is 5.96 Å². The molecule has 6 heteroatoms. The Morgan fingerprint density at radius 1 is 1.52 bits per heavy atom. The number of nitrogens with zero attached hydrogens (tertiary/aromatic N) is 1. The zero-order valence-electron chi connectivity index (χ0n) is 13.0. The highest BCUT2D eigenvalue weighted by molar-refractivity contribution is 7.08. The van der Waals surface area contributed by atoms with Gasteiger partial charge in [0.25, 0.3) is 0 Å². The monoisotopic (exact) mass is 311 g/mol. The Morgan fingerprint density at radius 3 is 2.81 bits per heavy atom. The zero-order chi connectivity index (χ0) is 15.3. The normalized spacial score (nSPS) is 20.5. The molecule has 0 amide bonds. The van der Waals surface area contributed by atoms with Crippen LogP contribution in [0.5, 0.6) is 0 Å². The molecule has 3 N–H and O–H groups in total. The van der Waals surface area contributed by atoms with Crippen molar-refractivity contribution >= 4 is 17.3 Å². The minimum absolute atomic E-state index is 0.187. The maximum atomic E-state index is 10.5. The van der Waals surface area contributed by atoms with E-state index in [1.807, 2.05) is 23.8 Å². The lowest BCUT2D eigenvalue weighted by molar-refractivity contribution is -0.0971. The first-order valence-corrected chi connectivity index (χ1v) is 8.24. The first-order chi connectivity index (χ1) is 9.95. The molecule has 1 saturated heterocycles. The van der Waals surface area contributed by atoms with Crippen LogP contribution in [0.15, 0.2) is 21.8 Å². The Balaban J connectivity index is 1.93. The summed E-state index contributed by atoms with van der Waals surface area (Å²) in [6, 6.07) is 1.94. The van der Waals surface area contributed by atoms with E-state index in [1.165, 1.54) is 0 Å². The van der Waals surface area contributed by atoms with Gasteiger partial charge >= 0.3 is 0 Å². The van der Waals surface area contributed by atoms with Crippen LogP contribution in [-0.2, 0) is 10.3 Å². The van der Waals surface area contributed by atoms with Gasteiger partial charge in [0.05, 0.1) is 19.8 Å². The van der Waals surface area contributed by atoms with Gasteiger partial charge in [-0.1, -0.05) is 6.92 Å². The molecular weight excluding hydrogens is 286 g/mol. The third kappa shape index (κ3) is 4.43. The number of hydrogen-bond acceptors (Lipinski definition) is 4. The Morgan fingerprint density at radius 2 is 2.29 bits per heavy atom. The van der Waals surface area contributed by atoms with Crippen LogP contribution in [0, 0.1) is 5.41 Å². The third-order valence-corrected chi connectivity index (χ3v) is 4.30. The molecule has 0 saturated carbocycles. The fourth-order valence-electron chi connectivity index (χ4n) is 2.09. The molecule has 1 unspecified atom stereocenters. The molecule has 1 aromatic heterocycles. The summed E-state index contributed by atoms with van der Waals surface area (Å²) in [5.41, 5.74) is 0.157. The molecule has 1 aliphatic rings. The van der Waals surface area contributed by atoms with Crippen LogP contribution in [0.25, 0.3) is 0 Å². The van der Waals surface area contributed by atoms with Crippen molar-refractivity contribution in [3.05, 3.63) is 22.4 Å². The summed E-state index contributed by atoms with van der Waals surface area (Å²) >= 11 is 1.58. The van der Waals surface area contributed by atoms with Gasteiger partial charge < -0.3 is 20.5 Å². The van der Waals surface area contributed by atoms with Gasteiger partial charge in [-0.15, -0.1) is 0 Å². The fourth-order valence-corrected chi connectivity index (χ4v) is 2.87. The topological polar surface area (TPSA) is 65.9 Å². The minimum atomic E-state index is -0.939. The van der Waals surface area contributed by atoms with E-state index in [0.29, 0.717) is 6.54 Å². The van der Waals surface area contributed by atoms with E-state index >= 15 is 0 Å². The van der Waals surface area contributed by atoms with E-state index in [4.69, 9.17) is 4.74 Å². The van der Waals surface area contributed by atoms with E-state index in [1.54, 1.807) is 18.3 Å². The Labute approximate surface area is 130 Å². The molecule has 2 rings (SSSR count). The average Bonchev–Trinajstić information content (AvgIpc) is 2.94. The second-order valence-corrected chi connectivity index (χ2v) is 6.92. The SMILES string of the molecule is CCNC(=NCC(C)(O)c1ccsc1)NCC1(C)COC1. The van der Waals surface area contributed by atoms with Crippen LogP contribution in [-0.4, -0.2) is 43.9 Å². The van der Waals surface area contributed by atoms with Crippen molar-refractivity contribution in [3.63, 3.8) is 0 Å². The zero-order valence-corrected chi connectivity index (χ0v) is 13.8. The number of aliphatic hydroxyl groups is 1. The molecule has 5 nitrogen and oxygen atoms in total. The van der Waals surface area contributed by atoms with Gasteiger partial charge in [-0.25, -0.2) is 4.99 Å². The predicted octanol–water partition coefficient (Wildman–Crippen LogP) is 1.55. The number of hydrogen-bond donors (Lipinski definition) is 3.